The highest BCUT2D eigenvalue weighted by Crippen LogP contribution is 2.35. The summed E-state index contributed by atoms with van der Waals surface area (Å²) in [5.74, 6) is 0. The molecule has 0 heterocycles. The summed E-state index contributed by atoms with van der Waals surface area (Å²) in [7, 11) is -0.427. The fourth-order valence-corrected chi connectivity index (χ4v) is 1.87. The summed E-state index contributed by atoms with van der Waals surface area (Å²) in [4.78, 5) is 0. The van der Waals surface area contributed by atoms with Gasteiger partial charge < -0.3 is 15.4 Å². The van der Waals surface area contributed by atoms with Crippen LogP contribution in [0.25, 0.3) is 0 Å². The molecule has 0 aromatic heterocycles. The highest BCUT2D eigenvalue weighted by Gasteiger charge is 2.30. The summed E-state index contributed by atoms with van der Waals surface area (Å²) >= 11 is 0. The lowest BCUT2D eigenvalue weighted by Crippen LogP contribution is -2.42. The minimum absolute atomic E-state index is 0.0976. The number of rotatable bonds is 3. The van der Waals surface area contributed by atoms with E-state index < -0.39 is 7.05 Å². The first-order valence-corrected chi connectivity index (χ1v) is 5.11. The van der Waals surface area contributed by atoms with Gasteiger partial charge in [-0.1, -0.05) is 6.92 Å². The highest BCUT2D eigenvalue weighted by atomic mass is 16.3. The Morgan fingerprint density at radius 2 is 2.00 bits per heavy atom. The molecule has 0 aliphatic heterocycles. The van der Waals surface area contributed by atoms with Crippen molar-refractivity contribution in [3.63, 3.8) is 0 Å². The lowest BCUT2D eigenvalue weighted by molar-refractivity contribution is 0.0733. The smallest absolute Gasteiger partial charge is 0.373 e. The van der Waals surface area contributed by atoms with Crippen molar-refractivity contribution >= 4 is 7.05 Å². The molecule has 1 rings (SSSR count). The predicted octanol–water partition coefficient (Wildman–Crippen LogP) is 0.627. The first-order chi connectivity index (χ1) is 6.02. The lowest BCUT2D eigenvalue weighted by Gasteiger charge is -2.36. The van der Waals surface area contributed by atoms with Crippen LogP contribution in [0.15, 0.2) is 0 Å². The molecule has 0 spiro atoms. The summed E-state index contributed by atoms with van der Waals surface area (Å²) < 4.78 is 0. The largest absolute Gasteiger partial charge is 0.437 e. The fourth-order valence-electron chi connectivity index (χ4n) is 1.87. The van der Waals surface area contributed by atoms with Crippen molar-refractivity contribution in [1.29, 1.82) is 0 Å². The monoisotopic (exact) mass is 185 g/mol. The third-order valence-corrected chi connectivity index (χ3v) is 2.99. The summed E-state index contributed by atoms with van der Waals surface area (Å²) in [5, 5.41) is 21.5. The van der Waals surface area contributed by atoms with Gasteiger partial charge in [-0.05, 0) is 44.5 Å². The summed E-state index contributed by atoms with van der Waals surface area (Å²) in [5.41, 5.74) is 0.260. The SMILES string of the molecule is CB(O)NCC1(C)CCC(O)CC1. The zero-order valence-electron chi connectivity index (χ0n) is 8.58. The van der Waals surface area contributed by atoms with Gasteiger partial charge in [0.2, 0.25) is 0 Å². The molecule has 1 saturated carbocycles. The van der Waals surface area contributed by atoms with Crippen LogP contribution in [0.3, 0.4) is 0 Å². The number of nitrogens with one attached hydrogen (secondary N) is 1. The second kappa shape index (κ2) is 4.44. The first kappa shape index (κ1) is 11.0. The Balaban J connectivity index is 2.30. The molecule has 0 radical (unpaired) electrons. The molecule has 0 aromatic carbocycles. The number of hydrogen-bond donors (Lipinski definition) is 3. The van der Waals surface area contributed by atoms with Gasteiger partial charge in [0.05, 0.1) is 6.10 Å². The van der Waals surface area contributed by atoms with Crippen molar-refractivity contribution in [3.05, 3.63) is 0 Å². The predicted molar refractivity (Wildman–Crippen MR) is 54.4 cm³/mol. The first-order valence-electron chi connectivity index (χ1n) is 5.11. The van der Waals surface area contributed by atoms with E-state index in [2.05, 4.69) is 12.2 Å². The van der Waals surface area contributed by atoms with Gasteiger partial charge in [-0.3, -0.25) is 0 Å². The Labute approximate surface area is 80.7 Å². The zero-order valence-corrected chi connectivity index (χ0v) is 8.58. The maximum atomic E-state index is 9.35. The van der Waals surface area contributed by atoms with E-state index in [1.807, 2.05) is 0 Å². The Morgan fingerprint density at radius 1 is 1.46 bits per heavy atom. The molecule has 1 aliphatic carbocycles. The molecular weight excluding hydrogens is 165 g/mol. The van der Waals surface area contributed by atoms with E-state index in [1.165, 1.54) is 0 Å². The Morgan fingerprint density at radius 3 is 2.46 bits per heavy atom. The Hall–Kier alpha value is -0.0551. The summed E-state index contributed by atoms with van der Waals surface area (Å²) in [6.07, 6.45) is 3.80. The molecule has 1 aliphatic rings. The summed E-state index contributed by atoms with van der Waals surface area (Å²) in [6.45, 7) is 4.80. The van der Waals surface area contributed by atoms with Gasteiger partial charge in [-0.15, -0.1) is 0 Å². The molecule has 3 N–H and O–H groups in total. The van der Waals surface area contributed by atoms with Crippen LogP contribution in [0.4, 0.5) is 0 Å². The van der Waals surface area contributed by atoms with E-state index in [0.29, 0.717) is 0 Å². The van der Waals surface area contributed by atoms with Crippen LogP contribution in [0, 0.1) is 5.41 Å². The van der Waals surface area contributed by atoms with Crippen LogP contribution in [-0.4, -0.2) is 29.8 Å². The molecule has 3 nitrogen and oxygen atoms in total. The maximum Gasteiger partial charge on any atom is 0.373 e. The molecule has 1 fully saturated rings. The molecule has 0 atom stereocenters. The Bertz CT molecular complexity index is 156. The molecule has 0 amide bonds. The van der Waals surface area contributed by atoms with Gasteiger partial charge >= 0.3 is 7.05 Å². The van der Waals surface area contributed by atoms with Gasteiger partial charge in [0.1, 0.15) is 0 Å². The van der Waals surface area contributed by atoms with Gasteiger partial charge in [0, 0.05) is 0 Å². The average molecular weight is 185 g/mol. The van der Waals surface area contributed by atoms with E-state index in [-0.39, 0.29) is 11.5 Å². The van der Waals surface area contributed by atoms with E-state index in [0.717, 1.165) is 32.2 Å². The van der Waals surface area contributed by atoms with Crippen molar-refractivity contribution in [2.75, 3.05) is 6.54 Å². The number of hydrogen-bond acceptors (Lipinski definition) is 3. The van der Waals surface area contributed by atoms with E-state index >= 15 is 0 Å². The van der Waals surface area contributed by atoms with Gasteiger partial charge in [0.15, 0.2) is 0 Å². The molecule has 0 saturated heterocycles. The molecule has 0 bridgehead atoms. The molecule has 76 valence electrons. The van der Waals surface area contributed by atoms with E-state index in [9.17, 15) is 5.11 Å². The van der Waals surface area contributed by atoms with Gasteiger partial charge in [0.25, 0.3) is 0 Å². The molecule has 0 unspecified atom stereocenters. The van der Waals surface area contributed by atoms with Crippen molar-refractivity contribution in [2.24, 2.45) is 5.41 Å². The highest BCUT2D eigenvalue weighted by molar-refractivity contribution is 6.45. The van der Waals surface area contributed by atoms with Crippen molar-refractivity contribution < 1.29 is 10.1 Å². The molecular formula is C9H20BNO2. The summed E-state index contributed by atoms with van der Waals surface area (Å²) in [6, 6.07) is 0. The van der Waals surface area contributed by atoms with Gasteiger partial charge in [-0.2, -0.15) is 0 Å². The Kier molecular flexibility index (Phi) is 3.77. The van der Waals surface area contributed by atoms with Crippen molar-refractivity contribution in [1.82, 2.24) is 5.23 Å². The molecule has 4 heteroatoms. The maximum absolute atomic E-state index is 9.35. The van der Waals surface area contributed by atoms with E-state index in [1.54, 1.807) is 6.82 Å². The van der Waals surface area contributed by atoms with Crippen LogP contribution in [0.5, 0.6) is 0 Å². The fraction of sp³-hybridized carbons (Fsp3) is 1.00. The van der Waals surface area contributed by atoms with Crippen LogP contribution < -0.4 is 5.23 Å². The number of aliphatic hydroxyl groups is 1. The lowest BCUT2D eigenvalue weighted by atomic mass is 9.73. The van der Waals surface area contributed by atoms with Crippen LogP contribution in [0.1, 0.15) is 32.6 Å². The second-order valence-corrected chi connectivity index (χ2v) is 4.60. The van der Waals surface area contributed by atoms with Crippen LogP contribution >= 0.6 is 0 Å². The zero-order chi connectivity index (χ0) is 9.90. The average Bonchev–Trinajstić information content (AvgIpc) is 2.08. The van der Waals surface area contributed by atoms with Gasteiger partial charge in [-0.25, -0.2) is 0 Å². The topological polar surface area (TPSA) is 52.5 Å². The van der Waals surface area contributed by atoms with Crippen molar-refractivity contribution in [3.8, 4) is 0 Å². The quantitative estimate of drug-likeness (QED) is 0.565. The van der Waals surface area contributed by atoms with Crippen molar-refractivity contribution in [2.45, 2.75) is 45.5 Å². The minimum Gasteiger partial charge on any atom is -0.437 e. The third-order valence-electron chi connectivity index (χ3n) is 2.99. The van der Waals surface area contributed by atoms with Crippen LogP contribution in [-0.2, 0) is 0 Å². The number of aliphatic hydroxyl groups excluding tert-OH is 1. The molecule has 13 heavy (non-hydrogen) atoms. The third kappa shape index (κ3) is 3.67. The standard InChI is InChI=1S/C9H20BNO2/c1-9(7-11-10(2)13)5-3-8(12)4-6-9/h8,11-13H,3-7H2,1-2H3. The molecule has 0 aromatic rings. The minimum atomic E-state index is -0.427. The normalized spacial score (nSPS) is 34.6. The van der Waals surface area contributed by atoms with E-state index in [4.69, 9.17) is 5.02 Å². The van der Waals surface area contributed by atoms with Crippen LogP contribution in [0.2, 0.25) is 6.82 Å². The second-order valence-electron chi connectivity index (χ2n) is 4.60.